The van der Waals surface area contributed by atoms with Gasteiger partial charge in [0.25, 0.3) is 5.91 Å². The summed E-state index contributed by atoms with van der Waals surface area (Å²) in [7, 11) is 1.62. The summed E-state index contributed by atoms with van der Waals surface area (Å²) in [6, 6.07) is 4.91. The van der Waals surface area contributed by atoms with Crippen LogP contribution in [-0.4, -0.2) is 58.2 Å². The van der Waals surface area contributed by atoms with Crippen LogP contribution in [0.3, 0.4) is 0 Å². The monoisotopic (exact) mass is 507 g/mol. The first-order valence-electron chi connectivity index (χ1n) is 10.4. The molecular weight excluding hydrogens is 487 g/mol. The van der Waals surface area contributed by atoms with Gasteiger partial charge in [-0.15, -0.1) is 11.3 Å². The minimum atomic E-state index is -4.64. The van der Waals surface area contributed by atoms with E-state index in [-0.39, 0.29) is 18.7 Å². The third-order valence-electron chi connectivity index (χ3n) is 4.94. The van der Waals surface area contributed by atoms with Crippen LogP contribution in [0.1, 0.15) is 26.6 Å². The Labute approximate surface area is 201 Å². The van der Waals surface area contributed by atoms with Crippen molar-refractivity contribution < 1.29 is 32.2 Å². The molecule has 1 fully saturated rings. The Morgan fingerprint density at radius 3 is 2.57 bits per heavy atom. The molecule has 4 rings (SSSR count). The van der Waals surface area contributed by atoms with Crippen molar-refractivity contribution in [2.75, 3.05) is 20.2 Å². The number of nitrogens with one attached hydrogen (secondary N) is 1. The smallest absolute Gasteiger partial charge is 0.451 e. The number of hydrogen-bond acceptors (Lipinski definition) is 8. The Balaban J connectivity index is 1.49. The van der Waals surface area contributed by atoms with Crippen molar-refractivity contribution >= 4 is 23.3 Å². The zero-order valence-electron chi connectivity index (χ0n) is 18.6. The van der Waals surface area contributed by atoms with E-state index in [9.17, 15) is 22.8 Å². The van der Waals surface area contributed by atoms with Gasteiger partial charge in [0.15, 0.2) is 6.10 Å². The fraction of sp³-hybridized carbons (Fsp3) is 0.318. The number of ether oxygens (including phenoxy) is 2. The molecule has 9 nitrogen and oxygen atoms in total. The number of hydrogen-bond donors (Lipinski definition) is 1. The van der Waals surface area contributed by atoms with Crippen LogP contribution >= 0.6 is 11.3 Å². The van der Waals surface area contributed by atoms with Crippen LogP contribution in [0.4, 0.5) is 18.0 Å². The second-order valence-electron chi connectivity index (χ2n) is 7.81. The molecule has 2 amide bonds. The van der Waals surface area contributed by atoms with E-state index in [0.29, 0.717) is 28.4 Å². The fourth-order valence-electron chi connectivity index (χ4n) is 3.23. The molecule has 1 atom stereocenters. The lowest BCUT2D eigenvalue weighted by atomic mass is 10.1. The number of aryl methyl sites for hydroxylation is 1. The number of halogens is 3. The second kappa shape index (κ2) is 9.86. The molecule has 1 N–H and O–H groups in total. The minimum Gasteiger partial charge on any atom is -0.490 e. The van der Waals surface area contributed by atoms with Gasteiger partial charge >= 0.3 is 12.3 Å². The number of carbonyl (C=O) groups excluding carboxylic acids is 2. The maximum absolute atomic E-state index is 12.9. The van der Waals surface area contributed by atoms with Crippen molar-refractivity contribution in [3.8, 4) is 16.3 Å². The van der Waals surface area contributed by atoms with E-state index >= 15 is 0 Å². The largest absolute Gasteiger partial charge is 0.490 e. The van der Waals surface area contributed by atoms with Gasteiger partial charge in [-0.05, 0) is 25.1 Å². The van der Waals surface area contributed by atoms with Crippen molar-refractivity contribution in [1.29, 1.82) is 0 Å². The first-order chi connectivity index (χ1) is 16.6. The number of carbonyl (C=O) groups is 2. The first kappa shape index (κ1) is 24.4. The fourth-order valence-corrected chi connectivity index (χ4v) is 3.98. The molecule has 184 valence electrons. The molecular formula is C22H20F3N5O4S. The predicted octanol–water partition coefficient (Wildman–Crippen LogP) is 3.69. The van der Waals surface area contributed by atoms with Gasteiger partial charge in [0.2, 0.25) is 5.82 Å². The summed E-state index contributed by atoms with van der Waals surface area (Å²) in [6.45, 7) is 2.32. The summed E-state index contributed by atoms with van der Waals surface area (Å²) in [5, 5.41) is 3.33. The van der Waals surface area contributed by atoms with Gasteiger partial charge in [0.1, 0.15) is 17.4 Å². The Morgan fingerprint density at radius 1 is 1.23 bits per heavy atom. The van der Waals surface area contributed by atoms with Gasteiger partial charge in [-0.3, -0.25) is 4.79 Å². The number of amides is 2. The summed E-state index contributed by atoms with van der Waals surface area (Å²) in [5.41, 5.74) is 1.23. The molecule has 13 heteroatoms. The Kier molecular flexibility index (Phi) is 6.87. The SMILES string of the molecule is Cc1cnc(-c2cc(OCC3CN(C)C(=O)O3)cc(C(=O)NCc3cnc(C(F)(F)F)nc3)c2)s1. The van der Waals surface area contributed by atoms with Gasteiger partial charge in [-0.2, -0.15) is 13.2 Å². The van der Waals surface area contributed by atoms with Gasteiger partial charge in [0.05, 0.1) is 6.54 Å². The number of likely N-dealkylation sites (N-methyl/N-ethyl adjacent to an activating group) is 1. The van der Waals surface area contributed by atoms with Crippen LogP contribution in [0.15, 0.2) is 36.8 Å². The van der Waals surface area contributed by atoms with Crippen LogP contribution in [0, 0.1) is 6.92 Å². The lowest BCUT2D eigenvalue weighted by Crippen LogP contribution is -2.24. The Bertz CT molecular complexity index is 1230. The van der Waals surface area contributed by atoms with E-state index in [4.69, 9.17) is 9.47 Å². The molecule has 1 aliphatic rings. The van der Waals surface area contributed by atoms with Crippen LogP contribution < -0.4 is 10.1 Å². The van der Waals surface area contributed by atoms with Crippen LogP contribution in [0.5, 0.6) is 5.75 Å². The number of benzene rings is 1. The van der Waals surface area contributed by atoms with Crippen LogP contribution in [-0.2, 0) is 17.5 Å². The highest BCUT2D eigenvalue weighted by atomic mass is 32.1. The van der Waals surface area contributed by atoms with Gasteiger partial charge in [-0.25, -0.2) is 19.7 Å². The highest BCUT2D eigenvalue weighted by Gasteiger charge is 2.34. The quantitative estimate of drug-likeness (QED) is 0.520. The molecule has 0 bridgehead atoms. The molecule has 0 spiro atoms. The van der Waals surface area contributed by atoms with Crippen LogP contribution in [0.25, 0.3) is 10.6 Å². The molecule has 0 aliphatic carbocycles. The number of alkyl halides is 3. The molecule has 3 aromatic rings. The van der Waals surface area contributed by atoms with Crippen molar-refractivity contribution in [3.63, 3.8) is 0 Å². The normalized spacial score (nSPS) is 15.7. The molecule has 35 heavy (non-hydrogen) atoms. The second-order valence-corrected chi connectivity index (χ2v) is 9.05. The molecule has 2 aromatic heterocycles. The van der Waals surface area contributed by atoms with Crippen molar-refractivity contribution in [1.82, 2.24) is 25.2 Å². The minimum absolute atomic E-state index is 0.0713. The highest BCUT2D eigenvalue weighted by Crippen LogP contribution is 2.30. The number of nitrogens with zero attached hydrogens (tertiary/aromatic N) is 4. The van der Waals surface area contributed by atoms with Crippen molar-refractivity contribution in [2.24, 2.45) is 0 Å². The summed E-state index contributed by atoms with van der Waals surface area (Å²) in [5.74, 6) is -1.35. The third-order valence-corrected chi connectivity index (χ3v) is 5.90. The van der Waals surface area contributed by atoms with Crippen molar-refractivity contribution in [3.05, 3.63) is 58.6 Å². The third kappa shape index (κ3) is 6.04. The Hall–Kier alpha value is -3.74. The number of thiazole rings is 1. The molecule has 1 saturated heterocycles. The predicted molar refractivity (Wildman–Crippen MR) is 119 cm³/mol. The lowest BCUT2D eigenvalue weighted by molar-refractivity contribution is -0.145. The molecule has 0 saturated carbocycles. The topological polar surface area (TPSA) is 107 Å². The van der Waals surface area contributed by atoms with Crippen molar-refractivity contribution in [2.45, 2.75) is 25.7 Å². The standard InChI is InChI=1S/C22H20F3N5O4S/c1-12-6-27-19(35-12)15-3-14(4-16(5-15)33-11-17-10-30(2)21(32)34-17)18(31)26-7-13-8-28-20(29-9-13)22(23,24)25/h3-6,8-9,17H,7,10-11H2,1-2H3,(H,26,31). The molecule has 0 radical (unpaired) electrons. The zero-order chi connectivity index (χ0) is 25.2. The Morgan fingerprint density at radius 2 is 1.97 bits per heavy atom. The maximum atomic E-state index is 12.9. The molecule has 1 aromatic carbocycles. The summed E-state index contributed by atoms with van der Waals surface area (Å²) in [6.07, 6.45) is -1.78. The van der Waals surface area contributed by atoms with Gasteiger partial charge < -0.3 is 19.7 Å². The van der Waals surface area contributed by atoms with Crippen LogP contribution in [0.2, 0.25) is 0 Å². The molecule has 3 heterocycles. The van der Waals surface area contributed by atoms with E-state index in [1.165, 1.54) is 22.3 Å². The van der Waals surface area contributed by atoms with E-state index < -0.39 is 30.1 Å². The van der Waals surface area contributed by atoms with E-state index in [0.717, 1.165) is 17.3 Å². The summed E-state index contributed by atoms with van der Waals surface area (Å²) >= 11 is 1.44. The molecule has 1 unspecified atom stereocenters. The average Bonchev–Trinajstić information content (AvgIpc) is 3.40. The number of aromatic nitrogens is 3. The number of cyclic esters (lactones) is 1. The number of rotatable bonds is 7. The van der Waals surface area contributed by atoms with E-state index in [2.05, 4.69) is 20.3 Å². The van der Waals surface area contributed by atoms with Gasteiger partial charge in [-0.1, -0.05) is 0 Å². The summed E-state index contributed by atoms with van der Waals surface area (Å²) < 4.78 is 48.9. The molecule has 1 aliphatic heterocycles. The van der Waals surface area contributed by atoms with E-state index in [1.807, 2.05) is 6.92 Å². The lowest BCUT2D eigenvalue weighted by Gasteiger charge is -2.13. The maximum Gasteiger partial charge on any atom is 0.451 e. The van der Waals surface area contributed by atoms with Gasteiger partial charge in [0, 0.05) is 53.8 Å². The highest BCUT2D eigenvalue weighted by molar-refractivity contribution is 7.14. The summed E-state index contributed by atoms with van der Waals surface area (Å²) in [4.78, 5) is 37.8. The average molecular weight is 507 g/mol. The zero-order valence-corrected chi connectivity index (χ0v) is 19.4. The van der Waals surface area contributed by atoms with E-state index in [1.54, 1.807) is 25.4 Å². The first-order valence-corrected chi connectivity index (χ1v) is 11.2.